The van der Waals surface area contributed by atoms with Gasteiger partial charge < -0.3 is 14.2 Å². The number of hydrogen-bond acceptors (Lipinski definition) is 5. The van der Waals surface area contributed by atoms with Gasteiger partial charge in [-0.2, -0.15) is 0 Å². The molecule has 0 aliphatic carbocycles. The zero-order chi connectivity index (χ0) is 21.5. The normalized spacial score (nSPS) is 10.1. The van der Waals surface area contributed by atoms with Crippen LogP contribution in [0.5, 0.6) is 5.75 Å². The zero-order valence-electron chi connectivity index (χ0n) is 17.0. The molecular formula is C25H22O5. The van der Waals surface area contributed by atoms with Crippen molar-refractivity contribution in [2.24, 2.45) is 0 Å². The fourth-order valence-corrected chi connectivity index (χ4v) is 3.08. The van der Waals surface area contributed by atoms with Crippen molar-refractivity contribution in [2.75, 3.05) is 21.3 Å². The molecular weight excluding hydrogens is 380 g/mol. The molecule has 0 saturated carbocycles. The molecule has 0 radical (unpaired) electrons. The molecule has 0 heterocycles. The number of benzene rings is 3. The minimum Gasteiger partial charge on any atom is -0.496 e. The molecule has 0 aliphatic heterocycles. The second kappa shape index (κ2) is 9.56. The van der Waals surface area contributed by atoms with E-state index in [4.69, 9.17) is 14.2 Å². The fraction of sp³-hybridized carbons (Fsp3) is 0.120. The number of methoxy groups -OCH3 is 3. The summed E-state index contributed by atoms with van der Waals surface area (Å²) in [5, 5.41) is 0. The molecule has 0 fully saturated rings. The standard InChI is InChI=1S/C25H22O5/c1-28-23-7-5-4-6-21(23)16-22(17-8-12-19(13-9-17)24(26)29-2)18-10-14-20(15-11-18)25(27)30-3/h4-16H,1-3H3. The maximum atomic E-state index is 11.8. The third kappa shape index (κ3) is 4.58. The Bertz CT molecular complexity index is 1000. The molecule has 0 aromatic heterocycles. The lowest BCUT2D eigenvalue weighted by atomic mass is 9.94. The molecule has 0 amide bonds. The van der Waals surface area contributed by atoms with Gasteiger partial charge in [0.05, 0.1) is 32.5 Å². The summed E-state index contributed by atoms with van der Waals surface area (Å²) in [6, 6.07) is 22.0. The first kappa shape index (κ1) is 20.9. The topological polar surface area (TPSA) is 61.8 Å². The Kier molecular flexibility index (Phi) is 6.65. The van der Waals surface area contributed by atoms with E-state index in [1.165, 1.54) is 14.2 Å². The van der Waals surface area contributed by atoms with Crippen LogP contribution in [0.1, 0.15) is 37.4 Å². The van der Waals surface area contributed by atoms with Crippen molar-refractivity contribution in [3.63, 3.8) is 0 Å². The summed E-state index contributed by atoms with van der Waals surface area (Å²) < 4.78 is 15.0. The van der Waals surface area contributed by atoms with Gasteiger partial charge in [-0.05, 0) is 53.1 Å². The predicted molar refractivity (Wildman–Crippen MR) is 116 cm³/mol. The molecule has 0 atom stereocenters. The first-order chi connectivity index (χ1) is 14.6. The van der Waals surface area contributed by atoms with Gasteiger partial charge in [0.2, 0.25) is 0 Å². The summed E-state index contributed by atoms with van der Waals surface area (Å²) in [6.45, 7) is 0. The number of carbonyl (C=O) groups is 2. The van der Waals surface area contributed by atoms with Gasteiger partial charge >= 0.3 is 11.9 Å². The van der Waals surface area contributed by atoms with E-state index in [1.54, 1.807) is 31.4 Å². The quantitative estimate of drug-likeness (QED) is 0.435. The molecule has 5 nitrogen and oxygen atoms in total. The third-order valence-electron chi connectivity index (χ3n) is 4.67. The summed E-state index contributed by atoms with van der Waals surface area (Å²) in [5.41, 5.74) is 4.56. The maximum absolute atomic E-state index is 11.8. The smallest absolute Gasteiger partial charge is 0.337 e. The van der Waals surface area contributed by atoms with E-state index >= 15 is 0 Å². The largest absolute Gasteiger partial charge is 0.496 e. The van der Waals surface area contributed by atoms with Crippen molar-refractivity contribution < 1.29 is 23.8 Å². The second-order valence-electron chi connectivity index (χ2n) is 6.44. The van der Waals surface area contributed by atoms with Crippen LogP contribution in [0, 0.1) is 0 Å². The number of esters is 2. The van der Waals surface area contributed by atoms with E-state index in [0.29, 0.717) is 11.1 Å². The number of carbonyl (C=O) groups excluding carboxylic acids is 2. The first-order valence-electron chi connectivity index (χ1n) is 9.29. The summed E-state index contributed by atoms with van der Waals surface area (Å²) in [4.78, 5) is 23.5. The average molecular weight is 402 g/mol. The summed E-state index contributed by atoms with van der Waals surface area (Å²) >= 11 is 0. The highest BCUT2D eigenvalue weighted by atomic mass is 16.5. The summed E-state index contributed by atoms with van der Waals surface area (Å²) in [6.07, 6.45) is 2.01. The van der Waals surface area contributed by atoms with E-state index in [0.717, 1.165) is 28.0 Å². The Morgan fingerprint density at radius 3 is 1.50 bits per heavy atom. The van der Waals surface area contributed by atoms with Crippen molar-refractivity contribution >= 4 is 23.6 Å². The minimum atomic E-state index is -0.390. The second-order valence-corrected chi connectivity index (χ2v) is 6.44. The Hall–Kier alpha value is -3.86. The first-order valence-corrected chi connectivity index (χ1v) is 9.29. The molecule has 3 rings (SSSR count). The van der Waals surface area contributed by atoms with E-state index in [1.807, 2.05) is 54.6 Å². The van der Waals surface area contributed by atoms with Crippen molar-refractivity contribution in [3.8, 4) is 5.75 Å². The van der Waals surface area contributed by atoms with Gasteiger partial charge in [0.15, 0.2) is 0 Å². The number of rotatable bonds is 6. The molecule has 0 aliphatic rings. The fourth-order valence-electron chi connectivity index (χ4n) is 3.08. The highest BCUT2D eigenvalue weighted by Gasteiger charge is 2.12. The van der Waals surface area contributed by atoms with Gasteiger partial charge in [0, 0.05) is 5.56 Å². The molecule has 5 heteroatoms. The number of ether oxygens (including phenoxy) is 3. The summed E-state index contributed by atoms with van der Waals surface area (Å²) in [7, 11) is 4.33. The van der Waals surface area contributed by atoms with Crippen LogP contribution < -0.4 is 4.74 Å². The SMILES string of the molecule is COC(=O)c1ccc(C(=Cc2ccccc2OC)c2ccc(C(=O)OC)cc2)cc1. The lowest BCUT2D eigenvalue weighted by molar-refractivity contribution is 0.0592. The van der Waals surface area contributed by atoms with Crippen molar-refractivity contribution in [1.82, 2.24) is 0 Å². The maximum Gasteiger partial charge on any atom is 0.337 e. The molecule has 0 spiro atoms. The highest BCUT2D eigenvalue weighted by molar-refractivity contribution is 5.95. The van der Waals surface area contributed by atoms with E-state index < -0.39 is 0 Å². The van der Waals surface area contributed by atoms with Crippen molar-refractivity contribution in [1.29, 1.82) is 0 Å². The predicted octanol–water partition coefficient (Wildman–Crippen LogP) is 4.86. The van der Waals surface area contributed by atoms with Gasteiger partial charge in [-0.3, -0.25) is 0 Å². The van der Waals surface area contributed by atoms with Crippen LogP contribution in [0.4, 0.5) is 0 Å². The van der Waals surface area contributed by atoms with Gasteiger partial charge in [0.1, 0.15) is 5.75 Å². The number of hydrogen-bond donors (Lipinski definition) is 0. The van der Waals surface area contributed by atoms with Crippen molar-refractivity contribution in [2.45, 2.75) is 0 Å². The lowest BCUT2D eigenvalue weighted by Gasteiger charge is -2.12. The van der Waals surface area contributed by atoms with Crippen LogP contribution in [0.3, 0.4) is 0 Å². The Balaban J connectivity index is 2.10. The van der Waals surface area contributed by atoms with Crippen LogP contribution >= 0.6 is 0 Å². The Morgan fingerprint density at radius 2 is 1.07 bits per heavy atom. The van der Waals surface area contributed by atoms with Gasteiger partial charge in [0.25, 0.3) is 0 Å². The minimum absolute atomic E-state index is 0.390. The van der Waals surface area contributed by atoms with Crippen LogP contribution in [0.15, 0.2) is 72.8 Å². The Morgan fingerprint density at radius 1 is 0.633 bits per heavy atom. The molecule has 3 aromatic rings. The van der Waals surface area contributed by atoms with Crippen LogP contribution in [-0.4, -0.2) is 33.3 Å². The Labute approximate surface area is 175 Å². The third-order valence-corrected chi connectivity index (χ3v) is 4.67. The monoisotopic (exact) mass is 402 g/mol. The molecule has 30 heavy (non-hydrogen) atoms. The van der Waals surface area contributed by atoms with E-state index in [2.05, 4.69) is 0 Å². The average Bonchev–Trinajstić information content (AvgIpc) is 2.82. The molecule has 0 N–H and O–H groups in total. The summed E-state index contributed by atoms with van der Waals surface area (Å²) in [5.74, 6) is -0.0363. The van der Waals surface area contributed by atoms with Crippen LogP contribution in [0.2, 0.25) is 0 Å². The van der Waals surface area contributed by atoms with E-state index in [9.17, 15) is 9.59 Å². The number of para-hydroxylation sites is 1. The van der Waals surface area contributed by atoms with Gasteiger partial charge in [-0.25, -0.2) is 9.59 Å². The van der Waals surface area contributed by atoms with Crippen LogP contribution in [-0.2, 0) is 9.47 Å². The van der Waals surface area contributed by atoms with Gasteiger partial charge in [-0.15, -0.1) is 0 Å². The van der Waals surface area contributed by atoms with Crippen LogP contribution in [0.25, 0.3) is 11.6 Å². The zero-order valence-corrected chi connectivity index (χ0v) is 17.0. The lowest BCUT2D eigenvalue weighted by Crippen LogP contribution is -2.02. The molecule has 0 saturated heterocycles. The molecule has 3 aromatic carbocycles. The van der Waals surface area contributed by atoms with E-state index in [-0.39, 0.29) is 11.9 Å². The molecule has 0 bridgehead atoms. The van der Waals surface area contributed by atoms with Crippen molar-refractivity contribution in [3.05, 3.63) is 101 Å². The molecule has 152 valence electrons. The van der Waals surface area contributed by atoms with Gasteiger partial charge in [-0.1, -0.05) is 42.5 Å². The highest BCUT2D eigenvalue weighted by Crippen LogP contribution is 2.30. The molecule has 0 unspecified atom stereocenters.